The molecule has 7 atom stereocenters. The van der Waals surface area contributed by atoms with Crippen LogP contribution in [0.15, 0.2) is 12.2 Å². The molecule has 4 heteroatoms. The van der Waals surface area contributed by atoms with Crippen molar-refractivity contribution in [2.24, 2.45) is 29.1 Å². The zero-order chi connectivity index (χ0) is 21.7. The predicted molar refractivity (Wildman–Crippen MR) is 130 cm³/mol. The fourth-order valence-electron chi connectivity index (χ4n) is 7.27. The van der Waals surface area contributed by atoms with Crippen molar-refractivity contribution in [2.75, 3.05) is 0 Å². The summed E-state index contributed by atoms with van der Waals surface area (Å²) in [5.41, 5.74) is 0.459. The Bertz CT molecular complexity index is 605. The Labute approximate surface area is 183 Å². The third kappa shape index (κ3) is 5.67. The van der Waals surface area contributed by atoms with Crippen LogP contribution in [0.25, 0.3) is 0 Å². The molecule has 29 heavy (non-hydrogen) atoms. The number of hydrogen-bond donors (Lipinski definition) is 0. The van der Waals surface area contributed by atoms with Crippen molar-refractivity contribution in [3.63, 3.8) is 0 Å². The van der Waals surface area contributed by atoms with Crippen LogP contribution in [-0.4, -0.2) is 28.3 Å². The van der Waals surface area contributed by atoms with Crippen LogP contribution in [0.4, 0.5) is 0 Å². The lowest BCUT2D eigenvalue weighted by molar-refractivity contribution is -0.0199. The van der Waals surface area contributed by atoms with E-state index in [0.29, 0.717) is 17.4 Å². The molecular formula is C25H48O2Si2. The lowest BCUT2D eigenvalue weighted by atomic mass is 9.61. The smallest absolute Gasteiger partial charge is 0.184 e. The van der Waals surface area contributed by atoms with E-state index in [1.165, 1.54) is 44.9 Å². The highest BCUT2D eigenvalue weighted by atomic mass is 28.4. The second kappa shape index (κ2) is 8.22. The molecule has 3 aliphatic rings. The van der Waals surface area contributed by atoms with Gasteiger partial charge in [-0.3, -0.25) is 0 Å². The molecule has 0 heterocycles. The van der Waals surface area contributed by atoms with Crippen LogP contribution in [0.3, 0.4) is 0 Å². The summed E-state index contributed by atoms with van der Waals surface area (Å²) in [6.07, 6.45) is 14.7. The quantitative estimate of drug-likeness (QED) is 0.301. The maximum absolute atomic E-state index is 6.71. The molecule has 2 nitrogen and oxygen atoms in total. The highest BCUT2D eigenvalue weighted by Gasteiger charge is 2.53. The van der Waals surface area contributed by atoms with Gasteiger partial charge in [0.1, 0.15) is 0 Å². The van der Waals surface area contributed by atoms with Gasteiger partial charge in [-0.2, -0.15) is 0 Å². The predicted octanol–water partition coefficient (Wildman–Crippen LogP) is 7.64. The Hall–Kier alpha value is 0.0938. The summed E-state index contributed by atoms with van der Waals surface area (Å²) >= 11 is 0. The van der Waals surface area contributed by atoms with Gasteiger partial charge in [-0.1, -0.05) is 32.4 Å². The molecule has 0 amide bonds. The van der Waals surface area contributed by atoms with Gasteiger partial charge in [0.05, 0.1) is 5.60 Å². The molecule has 2 unspecified atom stereocenters. The standard InChI is InChI=1S/C25H48O2Si2/c1-19(17-20-14-16-24(2,18-20)27-29(7,8)9)21-12-13-22-23(26-28(4,5)6)11-10-15-25(21,22)3/h14,16,19-23H,10-13,15,17-18H2,1-9H3/t19-,20+,21-,22?,23?,24-,25-/m1/s1. The van der Waals surface area contributed by atoms with Crippen molar-refractivity contribution in [3.05, 3.63) is 12.2 Å². The molecule has 0 aromatic rings. The van der Waals surface area contributed by atoms with E-state index in [0.717, 1.165) is 17.8 Å². The minimum atomic E-state index is -1.51. The molecule has 3 aliphatic carbocycles. The van der Waals surface area contributed by atoms with Gasteiger partial charge in [0.25, 0.3) is 0 Å². The van der Waals surface area contributed by atoms with Crippen LogP contribution >= 0.6 is 0 Å². The molecule has 3 rings (SSSR count). The summed E-state index contributed by atoms with van der Waals surface area (Å²) < 4.78 is 13.2. The third-order valence-corrected chi connectivity index (χ3v) is 10.0. The topological polar surface area (TPSA) is 18.5 Å². The lowest BCUT2D eigenvalue weighted by Gasteiger charge is -2.48. The summed E-state index contributed by atoms with van der Waals surface area (Å²) in [6.45, 7) is 21.5. The molecule has 168 valence electrons. The molecule has 2 saturated carbocycles. The lowest BCUT2D eigenvalue weighted by Crippen LogP contribution is -2.46. The van der Waals surface area contributed by atoms with Crippen molar-refractivity contribution in [1.82, 2.24) is 0 Å². The van der Waals surface area contributed by atoms with Crippen LogP contribution in [0, 0.1) is 29.1 Å². The maximum Gasteiger partial charge on any atom is 0.184 e. The Kier molecular flexibility index (Phi) is 6.73. The van der Waals surface area contributed by atoms with Gasteiger partial charge in [-0.05, 0) is 114 Å². The third-order valence-electron chi connectivity index (χ3n) is 7.93. The van der Waals surface area contributed by atoms with Crippen molar-refractivity contribution in [1.29, 1.82) is 0 Å². The van der Waals surface area contributed by atoms with Gasteiger partial charge in [-0.15, -0.1) is 0 Å². The Morgan fingerprint density at radius 2 is 1.69 bits per heavy atom. The minimum absolute atomic E-state index is 0.0297. The zero-order valence-electron chi connectivity index (χ0n) is 20.8. The van der Waals surface area contributed by atoms with E-state index < -0.39 is 16.6 Å². The van der Waals surface area contributed by atoms with E-state index in [-0.39, 0.29) is 5.60 Å². The summed E-state index contributed by atoms with van der Waals surface area (Å²) in [4.78, 5) is 0. The zero-order valence-corrected chi connectivity index (χ0v) is 22.8. The molecule has 0 bridgehead atoms. The first-order valence-corrected chi connectivity index (χ1v) is 19.1. The fourth-order valence-corrected chi connectivity index (χ4v) is 10.0. The first kappa shape index (κ1) is 23.8. The average Bonchev–Trinajstić information content (AvgIpc) is 3.04. The van der Waals surface area contributed by atoms with E-state index in [1.54, 1.807) is 0 Å². The van der Waals surface area contributed by atoms with Crippen molar-refractivity contribution < 1.29 is 8.85 Å². The van der Waals surface area contributed by atoms with E-state index in [2.05, 4.69) is 72.2 Å². The molecule has 0 aromatic heterocycles. The summed E-state index contributed by atoms with van der Waals surface area (Å²) in [5.74, 6) is 3.12. The van der Waals surface area contributed by atoms with Gasteiger partial charge in [-0.25, -0.2) is 0 Å². The number of allylic oxidation sites excluding steroid dienone is 1. The second-order valence-corrected chi connectivity index (χ2v) is 21.9. The molecular weight excluding hydrogens is 388 g/mol. The highest BCUT2D eigenvalue weighted by molar-refractivity contribution is 6.70. The van der Waals surface area contributed by atoms with Crippen molar-refractivity contribution in [3.8, 4) is 0 Å². The Morgan fingerprint density at radius 3 is 2.31 bits per heavy atom. The Morgan fingerprint density at radius 1 is 1.00 bits per heavy atom. The molecule has 0 saturated heterocycles. The number of fused-ring (bicyclic) bond motifs is 1. The second-order valence-electron chi connectivity index (χ2n) is 13.0. The SMILES string of the molecule is C[C@H](C[C@@H]1C=C[C@@](C)(O[Si](C)(C)C)C1)[C@H]1CCC2C(O[Si](C)(C)C)CCC[C@@]21C. The normalized spacial score (nSPS) is 41.6. The molecule has 0 N–H and O–H groups in total. The molecule has 0 radical (unpaired) electrons. The van der Waals surface area contributed by atoms with Gasteiger partial charge in [0.15, 0.2) is 16.6 Å². The molecule has 0 aliphatic heterocycles. The van der Waals surface area contributed by atoms with E-state index >= 15 is 0 Å². The van der Waals surface area contributed by atoms with Crippen LogP contribution in [0.2, 0.25) is 39.3 Å². The van der Waals surface area contributed by atoms with Crippen molar-refractivity contribution >= 4 is 16.6 Å². The first-order valence-electron chi connectivity index (χ1n) is 12.3. The van der Waals surface area contributed by atoms with E-state index in [9.17, 15) is 0 Å². The fraction of sp³-hybridized carbons (Fsp3) is 0.920. The summed E-state index contributed by atoms with van der Waals surface area (Å²) in [5, 5.41) is 0. The maximum atomic E-state index is 6.71. The van der Waals surface area contributed by atoms with Crippen LogP contribution in [-0.2, 0) is 8.85 Å². The van der Waals surface area contributed by atoms with Gasteiger partial charge >= 0.3 is 0 Å². The molecule has 0 spiro atoms. The Balaban J connectivity index is 1.62. The van der Waals surface area contributed by atoms with Crippen LogP contribution in [0.1, 0.15) is 65.7 Å². The number of rotatable bonds is 7. The largest absolute Gasteiger partial charge is 0.414 e. The molecule has 0 aromatic carbocycles. The highest BCUT2D eigenvalue weighted by Crippen LogP contribution is 2.59. The van der Waals surface area contributed by atoms with Crippen LogP contribution < -0.4 is 0 Å². The monoisotopic (exact) mass is 436 g/mol. The van der Waals surface area contributed by atoms with E-state index in [1.807, 2.05) is 0 Å². The summed E-state index contributed by atoms with van der Waals surface area (Å²) in [7, 11) is -2.99. The molecule has 2 fully saturated rings. The average molecular weight is 437 g/mol. The van der Waals surface area contributed by atoms with Gasteiger partial charge in [0, 0.05) is 6.10 Å². The first-order chi connectivity index (χ1) is 13.2. The van der Waals surface area contributed by atoms with Gasteiger partial charge in [0.2, 0.25) is 0 Å². The van der Waals surface area contributed by atoms with Gasteiger partial charge < -0.3 is 8.85 Å². The van der Waals surface area contributed by atoms with E-state index in [4.69, 9.17) is 8.85 Å². The number of hydrogen-bond acceptors (Lipinski definition) is 2. The van der Waals surface area contributed by atoms with Crippen LogP contribution in [0.5, 0.6) is 0 Å². The summed E-state index contributed by atoms with van der Waals surface area (Å²) in [6, 6.07) is 0. The van der Waals surface area contributed by atoms with Crippen molar-refractivity contribution in [2.45, 2.75) is 117 Å². The minimum Gasteiger partial charge on any atom is -0.414 e.